The van der Waals surface area contributed by atoms with E-state index >= 15 is 0 Å². The Morgan fingerprint density at radius 3 is 2.16 bits per heavy atom. The molecule has 1 saturated carbocycles. The van der Waals surface area contributed by atoms with Crippen LogP contribution in [-0.4, -0.2) is 67.4 Å². The number of amides is 4. The van der Waals surface area contributed by atoms with Crippen LogP contribution in [0.3, 0.4) is 0 Å². The Bertz CT molecular complexity index is 1910. The fraction of sp³-hybridized carbons (Fsp3) is 0.378. The van der Waals surface area contributed by atoms with Crippen molar-refractivity contribution in [3.05, 3.63) is 125 Å². The number of likely N-dealkylation sites (N-methyl/N-ethyl adjacent to an activating group) is 1. The van der Waals surface area contributed by atoms with E-state index in [0.717, 1.165) is 42.4 Å². The first-order valence-corrected chi connectivity index (χ1v) is 19.6. The van der Waals surface area contributed by atoms with E-state index in [9.17, 15) is 19.2 Å². The van der Waals surface area contributed by atoms with Crippen LogP contribution in [0.15, 0.2) is 103 Å². The molecule has 9 rings (SSSR count). The minimum atomic E-state index is -0.993. The van der Waals surface area contributed by atoms with E-state index in [1.54, 1.807) is 24.1 Å². The van der Waals surface area contributed by atoms with Crippen molar-refractivity contribution in [2.75, 3.05) is 26.8 Å². The standard InChI is InChI=1S/C45H52N4O7/c1-3-54-39-16-10-15-35-29-55-37-23-19-31(20-24-37)25-26-49(2)45(53)38(27-32-11-6-4-7-12-32)47-44(52)42(34-13-8-5-9-14-34)48-40(50)28-33-17-21-36(22-18-33)46-41(51)30-56-43(35)39/h4-16,19-20,23-24,33,36,38,42H,3,17-18,21-22,25-30H2,1-2H3,(H,46,51)(H,47,52)(H,48,50)/t33?,36?,38-,42+/m1/s1. The van der Waals surface area contributed by atoms with E-state index in [1.165, 1.54) is 0 Å². The number of benzene rings is 4. The van der Waals surface area contributed by atoms with Gasteiger partial charge in [0.05, 0.1) is 6.61 Å². The first kappa shape index (κ1) is 39.8. The normalized spacial score (nSPS) is 21.7. The Labute approximate surface area is 329 Å². The van der Waals surface area contributed by atoms with Crippen LogP contribution in [0.25, 0.3) is 0 Å². The molecule has 1 aliphatic carbocycles. The van der Waals surface area contributed by atoms with Crippen LogP contribution in [-0.2, 0) is 38.6 Å². The molecule has 5 aliphatic rings. The van der Waals surface area contributed by atoms with Gasteiger partial charge in [-0.05, 0) is 79.8 Å². The van der Waals surface area contributed by atoms with Crippen molar-refractivity contribution in [1.82, 2.24) is 20.9 Å². The van der Waals surface area contributed by atoms with Crippen LogP contribution in [0, 0.1) is 5.92 Å². The maximum atomic E-state index is 14.1. The van der Waals surface area contributed by atoms with E-state index in [2.05, 4.69) is 16.0 Å². The molecule has 0 radical (unpaired) electrons. The molecule has 1 fully saturated rings. The molecule has 4 bridgehead atoms. The summed E-state index contributed by atoms with van der Waals surface area (Å²) in [5.74, 6) is 0.598. The van der Waals surface area contributed by atoms with Gasteiger partial charge in [0.2, 0.25) is 17.7 Å². The fourth-order valence-electron chi connectivity index (χ4n) is 7.35. The third-order valence-corrected chi connectivity index (χ3v) is 10.4. The lowest BCUT2D eigenvalue weighted by atomic mass is 9.84. The molecule has 0 spiro atoms. The summed E-state index contributed by atoms with van der Waals surface area (Å²) in [6.07, 6.45) is 4.04. The van der Waals surface area contributed by atoms with Gasteiger partial charge >= 0.3 is 0 Å². The molecule has 4 aliphatic heterocycles. The first-order chi connectivity index (χ1) is 27.2. The van der Waals surface area contributed by atoms with Gasteiger partial charge in [0.15, 0.2) is 18.1 Å². The number of hydrogen-bond acceptors (Lipinski definition) is 7. The lowest BCUT2D eigenvalue weighted by Crippen LogP contribution is -2.52. The van der Waals surface area contributed by atoms with E-state index in [0.29, 0.717) is 42.4 Å². The molecule has 4 amide bonds. The topological polar surface area (TPSA) is 135 Å². The van der Waals surface area contributed by atoms with Crippen LogP contribution in [0.2, 0.25) is 0 Å². The SMILES string of the molecule is CCOc1cccc2c1OCC(=O)NC1CCC(CC1)CC(=O)N[C@@H](c1ccccc1)C(=O)N[C@H](Cc1ccccc1)C(=O)N(C)CCc1ccc(cc1)OC2. The van der Waals surface area contributed by atoms with Crippen molar-refractivity contribution in [3.8, 4) is 17.2 Å². The molecular formula is C45H52N4O7. The fourth-order valence-corrected chi connectivity index (χ4v) is 7.35. The largest absolute Gasteiger partial charge is 0.490 e. The Morgan fingerprint density at radius 1 is 0.732 bits per heavy atom. The summed E-state index contributed by atoms with van der Waals surface area (Å²) in [6, 6.07) is 30.0. The summed E-state index contributed by atoms with van der Waals surface area (Å²) < 4.78 is 18.1. The zero-order valence-electron chi connectivity index (χ0n) is 32.2. The van der Waals surface area contributed by atoms with E-state index < -0.39 is 18.0 Å². The molecule has 0 saturated heterocycles. The van der Waals surface area contributed by atoms with Crippen molar-refractivity contribution >= 4 is 23.6 Å². The molecule has 4 aromatic rings. The Kier molecular flexibility index (Phi) is 14.0. The average molecular weight is 761 g/mol. The van der Waals surface area contributed by atoms with Crippen molar-refractivity contribution in [1.29, 1.82) is 0 Å². The second kappa shape index (κ2) is 19.7. The number of nitrogens with one attached hydrogen (secondary N) is 3. The average Bonchev–Trinajstić information content (AvgIpc) is 3.21. The highest BCUT2D eigenvalue weighted by Crippen LogP contribution is 2.33. The highest BCUT2D eigenvalue weighted by atomic mass is 16.5. The van der Waals surface area contributed by atoms with Gasteiger partial charge in [0, 0.05) is 38.0 Å². The van der Waals surface area contributed by atoms with E-state index in [4.69, 9.17) is 14.2 Å². The molecule has 0 unspecified atom stereocenters. The highest BCUT2D eigenvalue weighted by Gasteiger charge is 2.31. The molecule has 11 heteroatoms. The second-order valence-electron chi connectivity index (χ2n) is 14.6. The molecule has 2 atom stereocenters. The predicted octanol–water partition coefficient (Wildman–Crippen LogP) is 5.71. The van der Waals surface area contributed by atoms with Gasteiger partial charge in [-0.25, -0.2) is 0 Å². The number of para-hydroxylation sites is 1. The smallest absolute Gasteiger partial charge is 0.258 e. The third-order valence-electron chi connectivity index (χ3n) is 10.4. The zero-order valence-corrected chi connectivity index (χ0v) is 32.2. The molecule has 11 nitrogen and oxygen atoms in total. The summed E-state index contributed by atoms with van der Waals surface area (Å²) in [4.78, 5) is 56.5. The second-order valence-corrected chi connectivity index (χ2v) is 14.6. The predicted molar refractivity (Wildman–Crippen MR) is 213 cm³/mol. The van der Waals surface area contributed by atoms with Crippen LogP contribution in [0.1, 0.15) is 67.3 Å². The Hall–Kier alpha value is -5.84. The summed E-state index contributed by atoms with van der Waals surface area (Å²) in [5.41, 5.74) is 3.28. The number of hydrogen-bond donors (Lipinski definition) is 3. The number of rotatable bonds is 5. The molecule has 294 valence electrons. The zero-order chi connectivity index (χ0) is 39.3. The Balaban J connectivity index is 1.24. The van der Waals surface area contributed by atoms with Gasteiger partial charge in [-0.15, -0.1) is 0 Å². The number of nitrogens with zero attached hydrogens (tertiary/aromatic N) is 1. The van der Waals surface area contributed by atoms with Gasteiger partial charge in [0.1, 0.15) is 24.4 Å². The van der Waals surface area contributed by atoms with Gasteiger partial charge in [-0.3, -0.25) is 19.2 Å². The minimum absolute atomic E-state index is 0.0407. The minimum Gasteiger partial charge on any atom is -0.490 e. The van der Waals surface area contributed by atoms with Gasteiger partial charge in [-0.1, -0.05) is 84.9 Å². The maximum Gasteiger partial charge on any atom is 0.258 e. The summed E-state index contributed by atoms with van der Waals surface area (Å²) in [7, 11) is 1.74. The van der Waals surface area contributed by atoms with Gasteiger partial charge in [0.25, 0.3) is 5.91 Å². The number of carbonyl (C=O) groups is 4. The molecule has 56 heavy (non-hydrogen) atoms. The maximum absolute atomic E-state index is 14.1. The van der Waals surface area contributed by atoms with Gasteiger partial charge < -0.3 is 35.1 Å². The highest BCUT2D eigenvalue weighted by molar-refractivity contribution is 5.93. The van der Waals surface area contributed by atoms with E-state index in [-0.39, 0.29) is 55.7 Å². The molecule has 3 N–H and O–H groups in total. The third kappa shape index (κ3) is 11.1. The first-order valence-electron chi connectivity index (χ1n) is 19.6. The van der Waals surface area contributed by atoms with Crippen molar-refractivity contribution in [2.24, 2.45) is 5.92 Å². The van der Waals surface area contributed by atoms with Crippen LogP contribution in [0.5, 0.6) is 17.2 Å². The van der Waals surface area contributed by atoms with E-state index in [1.807, 2.05) is 97.9 Å². The lowest BCUT2D eigenvalue weighted by molar-refractivity contribution is -0.136. The van der Waals surface area contributed by atoms with Crippen molar-refractivity contribution < 1.29 is 33.4 Å². The summed E-state index contributed by atoms with van der Waals surface area (Å²) >= 11 is 0. The van der Waals surface area contributed by atoms with Crippen LogP contribution < -0.4 is 30.2 Å². The lowest BCUT2D eigenvalue weighted by Gasteiger charge is -2.30. The van der Waals surface area contributed by atoms with Crippen molar-refractivity contribution in [3.63, 3.8) is 0 Å². The summed E-state index contributed by atoms with van der Waals surface area (Å²) in [5, 5.41) is 9.10. The number of ether oxygens (including phenoxy) is 3. The molecule has 4 heterocycles. The van der Waals surface area contributed by atoms with Crippen molar-refractivity contribution in [2.45, 2.75) is 76.6 Å². The van der Waals surface area contributed by atoms with Crippen LogP contribution in [0.4, 0.5) is 0 Å². The molecular weight excluding hydrogens is 709 g/mol. The molecule has 0 aromatic heterocycles. The summed E-state index contributed by atoms with van der Waals surface area (Å²) in [6.45, 7) is 2.76. The molecule has 4 aromatic carbocycles. The number of carbonyl (C=O) groups excluding carboxylic acids is 4. The Morgan fingerprint density at radius 2 is 1.45 bits per heavy atom. The quantitative estimate of drug-likeness (QED) is 0.237. The van der Waals surface area contributed by atoms with Crippen LogP contribution >= 0.6 is 0 Å². The monoisotopic (exact) mass is 760 g/mol. The van der Waals surface area contributed by atoms with Gasteiger partial charge in [-0.2, -0.15) is 0 Å².